The minimum atomic E-state index is -1.50. The zero-order valence-corrected chi connectivity index (χ0v) is 11.8. The quantitative estimate of drug-likeness (QED) is 0.444. The predicted octanol–water partition coefficient (Wildman–Crippen LogP) is -2.44. The van der Waals surface area contributed by atoms with Crippen molar-refractivity contribution in [1.82, 2.24) is 19.5 Å². The van der Waals surface area contributed by atoms with Gasteiger partial charge in [-0.15, -0.1) is 0 Å². The number of anilines is 1. The number of ether oxygens (including phenoxy) is 2. The van der Waals surface area contributed by atoms with Gasteiger partial charge in [0, 0.05) is 0 Å². The maximum Gasteiger partial charge on any atom is 0.338 e. The number of rotatable bonds is 4. The van der Waals surface area contributed by atoms with E-state index in [9.17, 15) is 15.0 Å². The number of aromatic nitrogens is 4. The van der Waals surface area contributed by atoms with E-state index in [0.29, 0.717) is 5.52 Å². The molecule has 124 valence electrons. The van der Waals surface area contributed by atoms with Crippen molar-refractivity contribution in [3.05, 3.63) is 12.7 Å². The monoisotopic (exact) mass is 325 g/mol. The van der Waals surface area contributed by atoms with Gasteiger partial charge in [-0.05, 0) is 0 Å². The van der Waals surface area contributed by atoms with Crippen molar-refractivity contribution >= 4 is 23.0 Å². The molecule has 0 spiro atoms. The molecule has 3 rings (SSSR count). The fourth-order valence-corrected chi connectivity index (χ4v) is 2.37. The fourth-order valence-electron chi connectivity index (χ4n) is 2.37. The lowest BCUT2D eigenvalue weighted by Crippen LogP contribution is -2.37. The molecule has 11 nitrogen and oxygen atoms in total. The summed E-state index contributed by atoms with van der Waals surface area (Å²) in [5, 5.41) is 28.8. The first-order valence-corrected chi connectivity index (χ1v) is 6.76. The van der Waals surface area contributed by atoms with Crippen LogP contribution in [0.5, 0.6) is 0 Å². The van der Waals surface area contributed by atoms with Crippen molar-refractivity contribution in [2.75, 3.05) is 18.9 Å². The molecule has 11 heteroatoms. The van der Waals surface area contributed by atoms with E-state index in [1.807, 2.05) is 0 Å². The molecule has 4 atom stereocenters. The lowest BCUT2D eigenvalue weighted by Gasteiger charge is -2.16. The van der Waals surface area contributed by atoms with Crippen LogP contribution in [0.4, 0.5) is 5.82 Å². The summed E-state index contributed by atoms with van der Waals surface area (Å²) >= 11 is 0. The number of nitrogens with zero attached hydrogens (tertiary/aromatic N) is 4. The van der Waals surface area contributed by atoms with Crippen molar-refractivity contribution in [3.8, 4) is 0 Å². The summed E-state index contributed by atoms with van der Waals surface area (Å²) in [4.78, 5) is 23.6. The van der Waals surface area contributed by atoms with Crippen molar-refractivity contribution in [2.45, 2.75) is 24.5 Å². The van der Waals surface area contributed by atoms with Crippen LogP contribution in [0, 0.1) is 0 Å². The SMILES string of the molecule is Nc1ncnc2c1ncn2[C@H]1O[C@@H](C(=O)OCCO)[C@@H](O)[C@H]1O. The fraction of sp³-hybridized carbons (Fsp3) is 0.500. The average molecular weight is 325 g/mol. The van der Waals surface area contributed by atoms with Crippen LogP contribution in [0.25, 0.3) is 11.2 Å². The molecular formula is C12H15N5O6. The summed E-state index contributed by atoms with van der Waals surface area (Å²) in [6.45, 7) is -0.590. The zero-order chi connectivity index (χ0) is 16.6. The van der Waals surface area contributed by atoms with E-state index in [1.165, 1.54) is 17.2 Å². The van der Waals surface area contributed by atoms with Gasteiger partial charge in [-0.25, -0.2) is 19.7 Å². The van der Waals surface area contributed by atoms with Gasteiger partial charge in [0.1, 0.15) is 30.7 Å². The molecule has 1 saturated heterocycles. The van der Waals surface area contributed by atoms with E-state index in [2.05, 4.69) is 15.0 Å². The van der Waals surface area contributed by atoms with E-state index in [-0.39, 0.29) is 24.7 Å². The highest BCUT2D eigenvalue weighted by atomic mass is 16.6. The maximum atomic E-state index is 11.8. The second-order valence-electron chi connectivity index (χ2n) is 4.90. The lowest BCUT2D eigenvalue weighted by atomic mass is 10.1. The van der Waals surface area contributed by atoms with Gasteiger partial charge in [0.25, 0.3) is 0 Å². The van der Waals surface area contributed by atoms with E-state index >= 15 is 0 Å². The summed E-state index contributed by atoms with van der Waals surface area (Å²) in [6.07, 6.45) is -2.86. The summed E-state index contributed by atoms with van der Waals surface area (Å²) in [5.74, 6) is -0.729. The number of hydrogen-bond acceptors (Lipinski definition) is 10. The molecule has 0 bridgehead atoms. The van der Waals surface area contributed by atoms with E-state index < -0.39 is 30.5 Å². The van der Waals surface area contributed by atoms with Crippen LogP contribution < -0.4 is 5.73 Å². The Morgan fingerprint density at radius 1 is 1.35 bits per heavy atom. The van der Waals surface area contributed by atoms with Crippen LogP contribution in [0.1, 0.15) is 6.23 Å². The highest BCUT2D eigenvalue weighted by molar-refractivity contribution is 5.81. The van der Waals surface area contributed by atoms with Gasteiger partial charge in [-0.1, -0.05) is 0 Å². The molecular weight excluding hydrogens is 310 g/mol. The standard InChI is InChI=1S/C12H15N5O6/c13-9-5-10(15-3-14-9)17(4-16-5)11-7(20)6(19)8(23-11)12(21)22-2-1-18/h3-4,6-8,11,18-20H,1-2H2,(H2,13,14,15)/t6-,7+,8+,11-/m0/s1. The first-order valence-electron chi connectivity index (χ1n) is 6.76. The van der Waals surface area contributed by atoms with Crippen LogP contribution >= 0.6 is 0 Å². The largest absolute Gasteiger partial charge is 0.461 e. The number of carbonyl (C=O) groups is 1. The normalized spacial score (nSPS) is 27.4. The molecule has 0 radical (unpaired) electrons. The van der Waals surface area contributed by atoms with Crippen LogP contribution in [-0.4, -0.2) is 72.3 Å². The van der Waals surface area contributed by atoms with Crippen molar-refractivity contribution in [2.24, 2.45) is 0 Å². The van der Waals surface area contributed by atoms with Gasteiger partial charge in [-0.3, -0.25) is 4.57 Å². The van der Waals surface area contributed by atoms with Crippen LogP contribution in [-0.2, 0) is 14.3 Å². The Bertz CT molecular complexity index is 721. The van der Waals surface area contributed by atoms with Crippen LogP contribution in [0.2, 0.25) is 0 Å². The third kappa shape index (κ3) is 2.59. The molecule has 1 fully saturated rings. The van der Waals surface area contributed by atoms with Crippen molar-refractivity contribution in [3.63, 3.8) is 0 Å². The van der Waals surface area contributed by atoms with Gasteiger partial charge in [0.15, 0.2) is 23.8 Å². The van der Waals surface area contributed by atoms with Gasteiger partial charge >= 0.3 is 5.97 Å². The molecule has 1 aliphatic rings. The zero-order valence-electron chi connectivity index (χ0n) is 11.8. The topological polar surface area (TPSA) is 166 Å². The predicted molar refractivity (Wildman–Crippen MR) is 73.7 cm³/mol. The molecule has 5 N–H and O–H groups in total. The minimum Gasteiger partial charge on any atom is -0.461 e. The Balaban J connectivity index is 1.88. The van der Waals surface area contributed by atoms with Gasteiger partial charge in [0.2, 0.25) is 0 Å². The molecule has 23 heavy (non-hydrogen) atoms. The average Bonchev–Trinajstić information content (AvgIpc) is 3.09. The molecule has 2 aromatic rings. The highest BCUT2D eigenvalue weighted by Gasteiger charge is 2.48. The first-order chi connectivity index (χ1) is 11.0. The van der Waals surface area contributed by atoms with Gasteiger partial charge < -0.3 is 30.5 Å². The third-order valence-corrected chi connectivity index (χ3v) is 3.47. The summed E-state index contributed by atoms with van der Waals surface area (Å²) < 4.78 is 11.5. The Hall–Kier alpha value is -2.34. The molecule has 0 aliphatic carbocycles. The smallest absolute Gasteiger partial charge is 0.338 e. The molecule has 3 heterocycles. The van der Waals surface area contributed by atoms with Gasteiger partial charge in [-0.2, -0.15) is 0 Å². The van der Waals surface area contributed by atoms with E-state index in [1.54, 1.807) is 0 Å². The molecule has 1 aliphatic heterocycles. The highest BCUT2D eigenvalue weighted by Crippen LogP contribution is 2.32. The number of esters is 1. The number of imidazole rings is 1. The second-order valence-corrected chi connectivity index (χ2v) is 4.90. The van der Waals surface area contributed by atoms with E-state index in [0.717, 1.165) is 0 Å². The number of nitrogens with two attached hydrogens (primary N) is 1. The molecule has 2 aromatic heterocycles. The third-order valence-electron chi connectivity index (χ3n) is 3.47. The second kappa shape index (κ2) is 6.04. The van der Waals surface area contributed by atoms with Crippen molar-refractivity contribution in [1.29, 1.82) is 0 Å². The number of aliphatic hydroxyl groups excluding tert-OH is 3. The maximum absolute atomic E-state index is 11.8. The Labute approximate surface area is 129 Å². The Morgan fingerprint density at radius 3 is 2.87 bits per heavy atom. The summed E-state index contributed by atoms with van der Waals surface area (Å²) in [5.41, 5.74) is 6.28. The summed E-state index contributed by atoms with van der Waals surface area (Å²) in [7, 11) is 0. The molecule has 0 unspecified atom stereocenters. The lowest BCUT2D eigenvalue weighted by molar-refractivity contribution is -0.162. The Morgan fingerprint density at radius 2 is 2.13 bits per heavy atom. The number of nitrogen functional groups attached to an aromatic ring is 1. The van der Waals surface area contributed by atoms with E-state index in [4.69, 9.17) is 20.3 Å². The Kier molecular flexibility index (Phi) is 4.09. The number of fused-ring (bicyclic) bond motifs is 1. The number of aliphatic hydroxyl groups is 3. The number of hydrogen-bond donors (Lipinski definition) is 4. The van der Waals surface area contributed by atoms with Gasteiger partial charge in [0.05, 0.1) is 12.9 Å². The number of carbonyl (C=O) groups excluding carboxylic acids is 1. The molecule has 0 amide bonds. The molecule has 0 saturated carbocycles. The summed E-state index contributed by atoms with van der Waals surface area (Å²) in [6, 6.07) is 0. The minimum absolute atomic E-state index is 0.153. The molecule has 0 aromatic carbocycles. The van der Waals surface area contributed by atoms with Crippen LogP contribution in [0.3, 0.4) is 0 Å². The first kappa shape index (κ1) is 15.6. The van der Waals surface area contributed by atoms with Crippen molar-refractivity contribution < 1.29 is 29.6 Å². The van der Waals surface area contributed by atoms with Crippen LogP contribution in [0.15, 0.2) is 12.7 Å².